The fraction of sp³-hybridized carbons (Fsp3) is 0.500. The molecule has 114 valence electrons. The van der Waals surface area contributed by atoms with Crippen molar-refractivity contribution in [2.24, 2.45) is 11.7 Å². The quantitative estimate of drug-likeness (QED) is 0.752. The minimum absolute atomic E-state index is 0.0545. The van der Waals surface area contributed by atoms with Crippen molar-refractivity contribution >= 4 is 23.2 Å². The van der Waals surface area contributed by atoms with Crippen molar-refractivity contribution < 1.29 is 9.59 Å². The van der Waals surface area contributed by atoms with Crippen LogP contribution in [0.2, 0.25) is 0 Å². The summed E-state index contributed by atoms with van der Waals surface area (Å²) in [5.74, 6) is 0.0201. The van der Waals surface area contributed by atoms with E-state index in [1.807, 2.05) is 26.0 Å². The molecule has 0 heterocycles. The summed E-state index contributed by atoms with van der Waals surface area (Å²) < 4.78 is 0. The zero-order valence-corrected chi connectivity index (χ0v) is 12.6. The fourth-order valence-electron chi connectivity index (χ4n) is 2.09. The van der Waals surface area contributed by atoms with Crippen molar-refractivity contribution in [3.8, 4) is 0 Å². The van der Waals surface area contributed by atoms with Crippen molar-refractivity contribution in [3.63, 3.8) is 0 Å². The SMILES string of the molecule is CCCC(N)C(=O)Nc1cc(NC(=O)C2CC2)ccc1C. The van der Waals surface area contributed by atoms with Crippen LogP contribution in [0.4, 0.5) is 11.4 Å². The Bertz CT molecular complexity index is 538. The highest BCUT2D eigenvalue weighted by molar-refractivity contribution is 5.97. The zero-order chi connectivity index (χ0) is 15.4. The number of anilines is 2. The molecular formula is C16H23N3O2. The minimum atomic E-state index is -0.501. The molecule has 0 saturated heterocycles. The first-order valence-electron chi connectivity index (χ1n) is 7.49. The molecule has 1 aliphatic rings. The summed E-state index contributed by atoms with van der Waals surface area (Å²) in [6.07, 6.45) is 3.45. The van der Waals surface area contributed by atoms with E-state index in [0.29, 0.717) is 17.8 Å². The molecule has 21 heavy (non-hydrogen) atoms. The van der Waals surface area contributed by atoms with Crippen LogP contribution in [-0.2, 0) is 9.59 Å². The molecular weight excluding hydrogens is 266 g/mol. The normalized spacial score (nSPS) is 15.4. The number of hydrogen-bond donors (Lipinski definition) is 3. The van der Waals surface area contributed by atoms with Gasteiger partial charge in [-0.15, -0.1) is 0 Å². The van der Waals surface area contributed by atoms with Gasteiger partial charge in [0.15, 0.2) is 0 Å². The summed E-state index contributed by atoms with van der Waals surface area (Å²) in [5.41, 5.74) is 8.15. The molecule has 2 amide bonds. The number of carbonyl (C=O) groups is 2. The Morgan fingerprint density at radius 2 is 2.05 bits per heavy atom. The number of nitrogens with two attached hydrogens (primary N) is 1. The van der Waals surface area contributed by atoms with Gasteiger partial charge >= 0.3 is 0 Å². The maximum atomic E-state index is 12.0. The Labute approximate surface area is 125 Å². The number of amides is 2. The third-order valence-corrected chi connectivity index (χ3v) is 3.65. The van der Waals surface area contributed by atoms with Crippen LogP contribution in [0.5, 0.6) is 0 Å². The molecule has 5 nitrogen and oxygen atoms in total. The molecule has 1 unspecified atom stereocenters. The van der Waals surface area contributed by atoms with Crippen molar-refractivity contribution in [3.05, 3.63) is 23.8 Å². The van der Waals surface area contributed by atoms with E-state index in [9.17, 15) is 9.59 Å². The van der Waals surface area contributed by atoms with Gasteiger partial charge in [0, 0.05) is 17.3 Å². The van der Waals surface area contributed by atoms with Gasteiger partial charge in [0.05, 0.1) is 6.04 Å². The fourth-order valence-corrected chi connectivity index (χ4v) is 2.09. The first kappa shape index (κ1) is 15.5. The van der Waals surface area contributed by atoms with E-state index in [4.69, 9.17) is 5.73 Å². The summed E-state index contributed by atoms with van der Waals surface area (Å²) in [6, 6.07) is 5.01. The number of rotatable bonds is 6. The molecule has 1 aromatic carbocycles. The number of nitrogens with one attached hydrogen (secondary N) is 2. The van der Waals surface area contributed by atoms with Crippen LogP contribution in [-0.4, -0.2) is 17.9 Å². The second-order valence-electron chi connectivity index (χ2n) is 5.68. The topological polar surface area (TPSA) is 84.2 Å². The standard InChI is InChI=1S/C16H23N3O2/c1-3-4-13(17)16(21)19-14-9-12(8-5-10(14)2)18-15(20)11-6-7-11/h5,8-9,11,13H,3-4,6-7,17H2,1-2H3,(H,18,20)(H,19,21). The van der Waals surface area contributed by atoms with Crippen molar-refractivity contribution in [1.29, 1.82) is 0 Å². The highest BCUT2D eigenvalue weighted by atomic mass is 16.2. The maximum Gasteiger partial charge on any atom is 0.241 e. The van der Waals surface area contributed by atoms with E-state index in [1.54, 1.807) is 6.07 Å². The molecule has 1 saturated carbocycles. The second kappa shape index (κ2) is 6.72. The smallest absolute Gasteiger partial charge is 0.241 e. The van der Waals surface area contributed by atoms with E-state index < -0.39 is 6.04 Å². The van der Waals surface area contributed by atoms with Crippen LogP contribution in [0.1, 0.15) is 38.2 Å². The Kier molecular flexibility index (Phi) is 4.96. The molecule has 1 aliphatic carbocycles. The van der Waals surface area contributed by atoms with Crippen molar-refractivity contribution in [2.45, 2.75) is 45.6 Å². The summed E-state index contributed by atoms with van der Waals surface area (Å²) in [5, 5.41) is 5.72. The molecule has 0 aromatic heterocycles. The van der Waals surface area contributed by atoms with E-state index in [1.165, 1.54) is 0 Å². The summed E-state index contributed by atoms with van der Waals surface area (Å²) in [6.45, 7) is 3.90. The van der Waals surface area contributed by atoms with Crippen LogP contribution in [0.25, 0.3) is 0 Å². The third kappa shape index (κ3) is 4.29. The first-order chi connectivity index (χ1) is 10.0. The largest absolute Gasteiger partial charge is 0.326 e. The summed E-state index contributed by atoms with van der Waals surface area (Å²) >= 11 is 0. The molecule has 0 bridgehead atoms. The predicted octanol–water partition coefficient (Wildman–Crippen LogP) is 2.41. The molecule has 1 aromatic rings. The van der Waals surface area contributed by atoms with Crippen LogP contribution < -0.4 is 16.4 Å². The van der Waals surface area contributed by atoms with E-state index >= 15 is 0 Å². The lowest BCUT2D eigenvalue weighted by molar-refractivity contribution is -0.118. The van der Waals surface area contributed by atoms with Gasteiger partial charge in [-0.2, -0.15) is 0 Å². The Balaban J connectivity index is 2.04. The highest BCUT2D eigenvalue weighted by Crippen LogP contribution is 2.30. The lowest BCUT2D eigenvalue weighted by Gasteiger charge is -2.14. The molecule has 1 atom stereocenters. The average Bonchev–Trinajstić information content (AvgIpc) is 3.27. The lowest BCUT2D eigenvalue weighted by Crippen LogP contribution is -2.35. The Hall–Kier alpha value is -1.88. The van der Waals surface area contributed by atoms with Gasteiger partial charge in [-0.05, 0) is 43.9 Å². The van der Waals surface area contributed by atoms with Gasteiger partial charge in [0.25, 0.3) is 0 Å². The molecule has 0 radical (unpaired) electrons. The number of carbonyl (C=O) groups excluding carboxylic acids is 2. The van der Waals surface area contributed by atoms with Gasteiger partial charge in [0.2, 0.25) is 11.8 Å². The summed E-state index contributed by atoms with van der Waals surface area (Å²) in [7, 11) is 0. The lowest BCUT2D eigenvalue weighted by atomic mass is 10.1. The van der Waals surface area contributed by atoms with Gasteiger partial charge in [-0.3, -0.25) is 9.59 Å². The second-order valence-corrected chi connectivity index (χ2v) is 5.68. The highest BCUT2D eigenvalue weighted by Gasteiger charge is 2.29. The van der Waals surface area contributed by atoms with E-state index in [-0.39, 0.29) is 17.7 Å². The van der Waals surface area contributed by atoms with E-state index in [2.05, 4.69) is 10.6 Å². The van der Waals surface area contributed by atoms with Crippen molar-refractivity contribution in [2.75, 3.05) is 10.6 Å². The first-order valence-corrected chi connectivity index (χ1v) is 7.49. The van der Waals surface area contributed by atoms with Gasteiger partial charge in [0.1, 0.15) is 0 Å². The van der Waals surface area contributed by atoms with Gasteiger partial charge in [-0.1, -0.05) is 19.4 Å². The van der Waals surface area contributed by atoms with Gasteiger partial charge < -0.3 is 16.4 Å². The monoisotopic (exact) mass is 289 g/mol. The van der Waals surface area contributed by atoms with Crippen LogP contribution in [0, 0.1) is 12.8 Å². The van der Waals surface area contributed by atoms with Crippen LogP contribution in [0.15, 0.2) is 18.2 Å². The van der Waals surface area contributed by atoms with E-state index in [0.717, 1.165) is 24.8 Å². The molecule has 0 spiro atoms. The molecule has 0 aliphatic heterocycles. The minimum Gasteiger partial charge on any atom is -0.326 e. The third-order valence-electron chi connectivity index (χ3n) is 3.65. The Morgan fingerprint density at radius 3 is 2.67 bits per heavy atom. The number of aryl methyl sites for hydroxylation is 1. The van der Waals surface area contributed by atoms with Crippen LogP contribution >= 0.6 is 0 Å². The number of benzene rings is 1. The van der Waals surface area contributed by atoms with Crippen molar-refractivity contribution in [1.82, 2.24) is 0 Å². The predicted molar refractivity (Wildman–Crippen MR) is 84.0 cm³/mol. The zero-order valence-electron chi connectivity index (χ0n) is 12.6. The molecule has 1 fully saturated rings. The maximum absolute atomic E-state index is 12.0. The molecule has 4 N–H and O–H groups in total. The Morgan fingerprint density at radius 1 is 1.33 bits per heavy atom. The molecule has 5 heteroatoms. The molecule has 2 rings (SSSR count). The van der Waals surface area contributed by atoms with Gasteiger partial charge in [-0.25, -0.2) is 0 Å². The number of hydrogen-bond acceptors (Lipinski definition) is 3. The average molecular weight is 289 g/mol. The van der Waals surface area contributed by atoms with Crippen LogP contribution in [0.3, 0.4) is 0 Å². The summed E-state index contributed by atoms with van der Waals surface area (Å²) in [4.78, 5) is 23.8.